The summed E-state index contributed by atoms with van der Waals surface area (Å²) < 4.78 is 0. The average molecular weight is 327 g/mol. The van der Waals surface area contributed by atoms with Gasteiger partial charge in [-0.3, -0.25) is 4.79 Å². The fraction of sp³-hybridized carbons (Fsp3) is 0.211. The maximum Gasteiger partial charge on any atom is 0.225 e. The van der Waals surface area contributed by atoms with E-state index in [1.165, 1.54) is 0 Å². The van der Waals surface area contributed by atoms with Crippen LogP contribution in [0.3, 0.4) is 0 Å². The molecule has 1 amide bonds. The maximum absolute atomic E-state index is 11.9. The number of anilines is 1. The molecule has 23 heavy (non-hydrogen) atoms. The average Bonchev–Trinajstić information content (AvgIpc) is 2.54. The van der Waals surface area contributed by atoms with E-state index in [0.717, 1.165) is 16.8 Å². The Morgan fingerprint density at radius 3 is 2.57 bits per heavy atom. The molecule has 0 aromatic heterocycles. The Hall–Kier alpha value is -2.44. The van der Waals surface area contributed by atoms with Gasteiger partial charge in [0.2, 0.25) is 5.91 Å². The molecule has 2 rings (SSSR count). The number of para-hydroxylation sites is 1. The minimum Gasteiger partial charge on any atom is -0.377 e. The van der Waals surface area contributed by atoms with E-state index in [1.54, 1.807) is 6.07 Å². The molecule has 0 saturated carbocycles. The number of hydrogen-bond acceptors (Lipinski definition) is 2. The SMILES string of the molecule is CN(C)c1ccccc1C#CCNC(=O)Cc1ccccc1Cl. The second-order valence-corrected chi connectivity index (χ2v) is 5.67. The Morgan fingerprint density at radius 1 is 1.13 bits per heavy atom. The van der Waals surface area contributed by atoms with E-state index in [-0.39, 0.29) is 12.3 Å². The zero-order valence-electron chi connectivity index (χ0n) is 13.3. The number of nitrogens with one attached hydrogen (secondary N) is 1. The van der Waals surface area contributed by atoms with Crippen molar-refractivity contribution in [1.82, 2.24) is 5.32 Å². The highest BCUT2D eigenvalue weighted by molar-refractivity contribution is 6.31. The van der Waals surface area contributed by atoms with Crippen molar-refractivity contribution in [2.24, 2.45) is 0 Å². The molecule has 0 aliphatic carbocycles. The highest BCUT2D eigenvalue weighted by atomic mass is 35.5. The first kappa shape index (κ1) is 16.9. The zero-order valence-corrected chi connectivity index (χ0v) is 14.0. The third-order valence-corrected chi connectivity index (χ3v) is 3.66. The van der Waals surface area contributed by atoms with Crippen LogP contribution in [0, 0.1) is 11.8 Å². The van der Waals surface area contributed by atoms with Crippen molar-refractivity contribution in [2.45, 2.75) is 6.42 Å². The van der Waals surface area contributed by atoms with Gasteiger partial charge < -0.3 is 10.2 Å². The molecule has 2 aromatic carbocycles. The van der Waals surface area contributed by atoms with Crippen molar-refractivity contribution in [1.29, 1.82) is 0 Å². The third-order valence-electron chi connectivity index (χ3n) is 3.29. The van der Waals surface area contributed by atoms with Gasteiger partial charge in [-0.2, -0.15) is 0 Å². The van der Waals surface area contributed by atoms with E-state index < -0.39 is 0 Å². The summed E-state index contributed by atoms with van der Waals surface area (Å²) in [5, 5.41) is 3.40. The van der Waals surface area contributed by atoms with Gasteiger partial charge in [-0.15, -0.1) is 0 Å². The second kappa shape index (κ2) is 8.26. The molecule has 0 atom stereocenters. The van der Waals surface area contributed by atoms with E-state index in [2.05, 4.69) is 17.2 Å². The van der Waals surface area contributed by atoms with Gasteiger partial charge in [0.15, 0.2) is 0 Å². The Bertz CT molecular complexity index is 744. The van der Waals surface area contributed by atoms with E-state index >= 15 is 0 Å². The molecule has 3 nitrogen and oxygen atoms in total. The summed E-state index contributed by atoms with van der Waals surface area (Å²) in [6, 6.07) is 15.2. The van der Waals surface area contributed by atoms with E-state index in [9.17, 15) is 4.79 Å². The molecule has 118 valence electrons. The van der Waals surface area contributed by atoms with Crippen LogP contribution in [0.2, 0.25) is 5.02 Å². The number of nitrogens with zero attached hydrogens (tertiary/aromatic N) is 1. The summed E-state index contributed by atoms with van der Waals surface area (Å²) in [6.45, 7) is 0.311. The predicted molar refractivity (Wildman–Crippen MR) is 95.8 cm³/mol. The zero-order chi connectivity index (χ0) is 16.7. The number of benzene rings is 2. The van der Waals surface area contributed by atoms with Gasteiger partial charge in [-0.25, -0.2) is 0 Å². The van der Waals surface area contributed by atoms with Crippen LogP contribution in [0.25, 0.3) is 0 Å². The molecular weight excluding hydrogens is 308 g/mol. The van der Waals surface area contributed by atoms with Gasteiger partial charge in [0, 0.05) is 24.7 Å². The number of halogens is 1. The third kappa shape index (κ3) is 5.05. The molecule has 0 aliphatic rings. The van der Waals surface area contributed by atoms with E-state index in [0.29, 0.717) is 11.6 Å². The molecule has 0 unspecified atom stereocenters. The normalized spacial score (nSPS) is 9.70. The molecule has 0 aliphatic heterocycles. The molecule has 0 bridgehead atoms. The molecule has 1 N–H and O–H groups in total. The van der Waals surface area contributed by atoms with Gasteiger partial charge in [-0.1, -0.05) is 53.8 Å². The molecule has 0 radical (unpaired) electrons. The maximum atomic E-state index is 11.9. The number of amides is 1. The van der Waals surface area contributed by atoms with Crippen LogP contribution in [0.4, 0.5) is 5.69 Å². The lowest BCUT2D eigenvalue weighted by atomic mass is 10.1. The molecule has 2 aromatic rings. The van der Waals surface area contributed by atoms with Crippen LogP contribution >= 0.6 is 11.6 Å². The molecule has 0 spiro atoms. The molecular formula is C19H19ClN2O. The monoisotopic (exact) mass is 326 g/mol. The van der Waals surface area contributed by atoms with E-state index in [1.807, 2.05) is 61.5 Å². The van der Waals surface area contributed by atoms with Crippen molar-refractivity contribution in [2.75, 3.05) is 25.5 Å². The summed E-state index contributed by atoms with van der Waals surface area (Å²) in [5.74, 6) is 5.99. The smallest absolute Gasteiger partial charge is 0.225 e. The van der Waals surface area contributed by atoms with Gasteiger partial charge in [-0.05, 0) is 23.8 Å². The minimum absolute atomic E-state index is 0.0895. The van der Waals surface area contributed by atoms with Crippen LogP contribution < -0.4 is 10.2 Å². The first-order chi connectivity index (χ1) is 11.1. The minimum atomic E-state index is -0.0895. The summed E-state index contributed by atoms with van der Waals surface area (Å²) in [5.41, 5.74) is 2.82. The Labute approximate surface area is 142 Å². The van der Waals surface area contributed by atoms with Crippen LogP contribution in [0.15, 0.2) is 48.5 Å². The van der Waals surface area contributed by atoms with Crippen LogP contribution in [0.1, 0.15) is 11.1 Å². The Morgan fingerprint density at radius 2 is 1.83 bits per heavy atom. The largest absolute Gasteiger partial charge is 0.377 e. The molecule has 0 heterocycles. The van der Waals surface area contributed by atoms with Gasteiger partial charge in [0.25, 0.3) is 0 Å². The Balaban J connectivity index is 1.91. The quantitative estimate of drug-likeness (QED) is 0.876. The van der Waals surface area contributed by atoms with Crippen LogP contribution in [-0.2, 0) is 11.2 Å². The highest BCUT2D eigenvalue weighted by Crippen LogP contribution is 2.16. The molecule has 0 saturated heterocycles. The first-order valence-corrected chi connectivity index (χ1v) is 7.71. The van der Waals surface area contributed by atoms with Crippen LogP contribution in [-0.4, -0.2) is 26.5 Å². The standard InChI is InChI=1S/C19H19ClN2O/c1-22(2)18-12-6-4-8-15(18)10-7-13-21-19(23)14-16-9-3-5-11-17(16)20/h3-6,8-9,11-12H,13-14H2,1-2H3,(H,21,23). The first-order valence-electron chi connectivity index (χ1n) is 7.33. The lowest BCUT2D eigenvalue weighted by Crippen LogP contribution is -2.25. The number of carbonyl (C=O) groups is 1. The summed E-state index contributed by atoms with van der Waals surface area (Å²) in [7, 11) is 3.96. The van der Waals surface area contributed by atoms with E-state index in [4.69, 9.17) is 11.6 Å². The second-order valence-electron chi connectivity index (χ2n) is 5.26. The summed E-state index contributed by atoms with van der Waals surface area (Å²) in [6.07, 6.45) is 0.260. The topological polar surface area (TPSA) is 32.3 Å². The van der Waals surface area contributed by atoms with Crippen molar-refractivity contribution in [3.05, 3.63) is 64.7 Å². The van der Waals surface area contributed by atoms with Crippen LogP contribution in [0.5, 0.6) is 0 Å². The number of carbonyl (C=O) groups excluding carboxylic acids is 1. The van der Waals surface area contributed by atoms with Gasteiger partial charge in [0.1, 0.15) is 0 Å². The van der Waals surface area contributed by atoms with Gasteiger partial charge >= 0.3 is 0 Å². The summed E-state index contributed by atoms with van der Waals surface area (Å²) in [4.78, 5) is 13.9. The molecule has 4 heteroatoms. The van der Waals surface area contributed by atoms with Crippen molar-refractivity contribution >= 4 is 23.2 Å². The summed E-state index contributed by atoms with van der Waals surface area (Å²) >= 11 is 6.04. The van der Waals surface area contributed by atoms with Gasteiger partial charge in [0.05, 0.1) is 18.7 Å². The fourth-order valence-corrected chi connectivity index (χ4v) is 2.33. The van der Waals surface area contributed by atoms with Crippen molar-refractivity contribution in [3.8, 4) is 11.8 Å². The van der Waals surface area contributed by atoms with Crippen molar-refractivity contribution < 1.29 is 4.79 Å². The number of rotatable bonds is 4. The van der Waals surface area contributed by atoms with Crippen molar-refractivity contribution in [3.63, 3.8) is 0 Å². The Kier molecular flexibility index (Phi) is 6.08. The fourth-order valence-electron chi connectivity index (χ4n) is 2.13. The molecule has 0 fully saturated rings. The number of hydrogen-bond donors (Lipinski definition) is 1. The highest BCUT2D eigenvalue weighted by Gasteiger charge is 2.05. The lowest BCUT2D eigenvalue weighted by Gasteiger charge is -2.13. The lowest BCUT2D eigenvalue weighted by molar-refractivity contribution is -0.120. The predicted octanol–water partition coefficient (Wildman–Crippen LogP) is 3.12.